The van der Waals surface area contributed by atoms with Gasteiger partial charge in [0.2, 0.25) is 0 Å². The molecule has 51 heavy (non-hydrogen) atoms. The van der Waals surface area contributed by atoms with Crippen LogP contribution in [0.4, 0.5) is 0 Å². The van der Waals surface area contributed by atoms with Crippen LogP contribution in [0, 0.1) is 11.8 Å². The van der Waals surface area contributed by atoms with Crippen LogP contribution in [0.2, 0.25) is 0 Å². The van der Waals surface area contributed by atoms with Crippen LogP contribution in [-0.4, -0.2) is 39.1 Å². The second-order valence-electron chi connectivity index (χ2n) is 13.9. The highest BCUT2D eigenvalue weighted by Gasteiger charge is 2.40. The maximum atomic E-state index is 14.0. The Balaban J connectivity index is 1.13. The molecule has 1 unspecified atom stereocenters. The van der Waals surface area contributed by atoms with Gasteiger partial charge in [-0.2, -0.15) is 0 Å². The monoisotopic (exact) mass is 702 g/mol. The van der Waals surface area contributed by atoms with E-state index >= 15 is 0 Å². The highest BCUT2D eigenvalue weighted by molar-refractivity contribution is 7.92. The third-order valence-corrected chi connectivity index (χ3v) is 12.7. The van der Waals surface area contributed by atoms with Crippen LogP contribution in [0.1, 0.15) is 61.8 Å². The molecule has 0 amide bonds. The van der Waals surface area contributed by atoms with Crippen molar-refractivity contribution in [2.75, 3.05) is 13.2 Å². The van der Waals surface area contributed by atoms with Gasteiger partial charge in [0.1, 0.15) is 5.60 Å². The second-order valence-corrected chi connectivity index (χ2v) is 16.1. The molecule has 5 atom stereocenters. The zero-order valence-corrected chi connectivity index (χ0v) is 30.5. The lowest BCUT2D eigenvalue weighted by Gasteiger charge is -2.36. The zero-order valence-electron chi connectivity index (χ0n) is 29.7. The van der Waals surface area contributed by atoms with Gasteiger partial charge < -0.3 is 14.2 Å². The molecule has 0 saturated carbocycles. The van der Waals surface area contributed by atoms with E-state index in [2.05, 4.69) is 79.7 Å². The van der Waals surface area contributed by atoms with E-state index in [1.54, 1.807) is 24.3 Å². The minimum absolute atomic E-state index is 0.0305. The summed E-state index contributed by atoms with van der Waals surface area (Å²) in [6, 6.07) is 50.1. The normalized spacial score (nSPS) is 19.1. The number of sulfone groups is 1. The van der Waals surface area contributed by atoms with Crippen LogP contribution < -0.4 is 0 Å². The first kappa shape index (κ1) is 36.7. The van der Waals surface area contributed by atoms with E-state index in [0.29, 0.717) is 37.1 Å². The molecular formula is C45H50O5S. The minimum Gasteiger partial charge on any atom is -0.376 e. The third-order valence-electron chi connectivity index (χ3n) is 10.2. The van der Waals surface area contributed by atoms with Gasteiger partial charge >= 0.3 is 0 Å². The number of benzene rings is 5. The number of ether oxygens (including phenoxy) is 3. The molecule has 0 spiro atoms. The Labute approximate surface area is 304 Å². The molecule has 0 N–H and O–H groups in total. The number of rotatable bonds is 17. The highest BCUT2D eigenvalue weighted by atomic mass is 32.2. The molecule has 1 fully saturated rings. The van der Waals surface area contributed by atoms with Crippen LogP contribution in [0.15, 0.2) is 157 Å². The van der Waals surface area contributed by atoms with Gasteiger partial charge in [0.25, 0.3) is 0 Å². The average Bonchev–Trinajstić information content (AvgIpc) is 3.54. The molecule has 0 aromatic heterocycles. The summed E-state index contributed by atoms with van der Waals surface area (Å²) in [5.74, 6) is 0.151. The molecule has 1 heterocycles. The van der Waals surface area contributed by atoms with E-state index in [-0.39, 0.29) is 18.1 Å². The largest absolute Gasteiger partial charge is 0.376 e. The molecule has 0 radical (unpaired) electrons. The second kappa shape index (κ2) is 17.4. The van der Waals surface area contributed by atoms with Crippen LogP contribution in [0.5, 0.6) is 0 Å². The highest BCUT2D eigenvalue weighted by Crippen LogP contribution is 2.42. The molecule has 5 nitrogen and oxygen atoms in total. The van der Waals surface area contributed by atoms with E-state index < -0.39 is 20.7 Å². The van der Waals surface area contributed by atoms with Crippen molar-refractivity contribution in [1.82, 2.24) is 0 Å². The van der Waals surface area contributed by atoms with Gasteiger partial charge in [0.05, 0.1) is 42.2 Å². The summed E-state index contributed by atoms with van der Waals surface area (Å²) in [6.07, 6.45) is 2.91. The fourth-order valence-electron chi connectivity index (χ4n) is 7.54. The smallest absolute Gasteiger partial charge is 0.181 e. The quantitative estimate of drug-likeness (QED) is 0.0904. The third kappa shape index (κ3) is 8.88. The fourth-order valence-corrected chi connectivity index (χ4v) is 9.60. The zero-order chi connectivity index (χ0) is 35.5. The lowest BCUT2D eigenvalue weighted by molar-refractivity contribution is -0.0643. The van der Waals surface area contributed by atoms with Gasteiger partial charge in [-0.3, -0.25) is 0 Å². The Morgan fingerprint density at radius 2 is 1.22 bits per heavy atom. The van der Waals surface area contributed by atoms with Crippen molar-refractivity contribution in [3.05, 3.63) is 174 Å². The standard InChI is InChI=1S/C45H50O5S/c1-35-31-41(34-49-45(38-21-10-4-11-22-38,39-23-12-5-13-24-39)40-25-14-6-15-26-40)50-43(35)29-18-30-44(51(46,47)42-27-16-7-17-28-42)36(2)32-48-33-37-19-8-3-9-20-37/h3-17,19-28,35-36,41,43-44H,18,29-34H2,1-2H3/t35-,36+,41+,43-,44?/m0/s1. The van der Waals surface area contributed by atoms with Crippen molar-refractivity contribution in [1.29, 1.82) is 0 Å². The number of hydrogen-bond acceptors (Lipinski definition) is 5. The van der Waals surface area contributed by atoms with Crippen LogP contribution in [0.3, 0.4) is 0 Å². The number of hydrogen-bond donors (Lipinski definition) is 0. The van der Waals surface area contributed by atoms with Crippen LogP contribution in [-0.2, 0) is 36.3 Å². The fraction of sp³-hybridized carbons (Fsp3) is 0.333. The molecule has 0 aliphatic carbocycles. The van der Waals surface area contributed by atoms with Crippen molar-refractivity contribution >= 4 is 9.84 Å². The first-order valence-corrected chi connectivity index (χ1v) is 19.8. The summed E-state index contributed by atoms with van der Waals surface area (Å²) in [7, 11) is -3.56. The van der Waals surface area contributed by atoms with Crippen LogP contribution in [0.25, 0.3) is 0 Å². The molecule has 1 aliphatic heterocycles. The van der Waals surface area contributed by atoms with E-state index in [1.807, 2.05) is 61.5 Å². The van der Waals surface area contributed by atoms with Gasteiger partial charge in [-0.15, -0.1) is 0 Å². The van der Waals surface area contributed by atoms with Gasteiger partial charge in [0, 0.05) is 0 Å². The predicted octanol–water partition coefficient (Wildman–Crippen LogP) is 9.65. The van der Waals surface area contributed by atoms with Gasteiger partial charge in [-0.25, -0.2) is 8.42 Å². The van der Waals surface area contributed by atoms with Gasteiger partial charge in [-0.05, 0) is 71.9 Å². The maximum Gasteiger partial charge on any atom is 0.181 e. The summed E-state index contributed by atoms with van der Waals surface area (Å²) in [5.41, 5.74) is 3.48. The molecule has 5 aromatic rings. The molecule has 6 rings (SSSR count). The van der Waals surface area contributed by atoms with E-state index in [1.165, 1.54) is 0 Å². The topological polar surface area (TPSA) is 61.8 Å². The maximum absolute atomic E-state index is 14.0. The summed E-state index contributed by atoms with van der Waals surface area (Å²) in [5, 5.41) is -0.560. The van der Waals surface area contributed by atoms with Crippen molar-refractivity contribution in [2.24, 2.45) is 11.8 Å². The lowest BCUT2D eigenvalue weighted by Crippen LogP contribution is -2.35. The first-order valence-electron chi connectivity index (χ1n) is 18.2. The molecule has 5 aromatic carbocycles. The van der Waals surface area contributed by atoms with Gasteiger partial charge in [0.15, 0.2) is 9.84 Å². The molecule has 6 heteroatoms. The van der Waals surface area contributed by atoms with Crippen molar-refractivity contribution in [2.45, 2.75) is 74.1 Å². The average molecular weight is 703 g/mol. The van der Waals surface area contributed by atoms with E-state index in [4.69, 9.17) is 14.2 Å². The summed E-state index contributed by atoms with van der Waals surface area (Å²) >= 11 is 0. The molecule has 1 aliphatic rings. The molecule has 266 valence electrons. The Bertz CT molecular complexity index is 1750. The minimum atomic E-state index is -3.56. The molecule has 0 bridgehead atoms. The van der Waals surface area contributed by atoms with E-state index in [0.717, 1.165) is 41.5 Å². The van der Waals surface area contributed by atoms with Crippen molar-refractivity contribution < 1.29 is 22.6 Å². The SMILES string of the molecule is C[C@H](COCc1ccccc1)C(CCC[C@@H]1O[C@@H](COC(c2ccccc2)(c2ccccc2)c2ccccc2)C[C@@H]1C)S(=O)(=O)c1ccccc1. The Kier molecular flexibility index (Phi) is 12.5. The molecular weight excluding hydrogens is 653 g/mol. The van der Waals surface area contributed by atoms with Crippen LogP contribution >= 0.6 is 0 Å². The predicted molar refractivity (Wildman–Crippen MR) is 204 cm³/mol. The Hall–Kier alpha value is -4.07. The van der Waals surface area contributed by atoms with Crippen molar-refractivity contribution in [3.8, 4) is 0 Å². The summed E-state index contributed by atoms with van der Waals surface area (Å²) in [4.78, 5) is 0.367. The Morgan fingerprint density at radius 1 is 0.725 bits per heavy atom. The van der Waals surface area contributed by atoms with Crippen molar-refractivity contribution in [3.63, 3.8) is 0 Å². The first-order chi connectivity index (χ1) is 24.9. The van der Waals surface area contributed by atoms with Gasteiger partial charge in [-0.1, -0.05) is 153 Å². The molecule has 1 saturated heterocycles. The summed E-state index contributed by atoms with van der Waals surface area (Å²) < 4.78 is 47.8. The lowest BCUT2D eigenvalue weighted by atomic mass is 9.80. The van der Waals surface area contributed by atoms with E-state index in [9.17, 15) is 8.42 Å². The Morgan fingerprint density at radius 3 is 1.75 bits per heavy atom. The summed E-state index contributed by atoms with van der Waals surface area (Å²) in [6.45, 7) is 5.49.